The molecule has 1 unspecified atom stereocenters. The van der Waals surface area contributed by atoms with Crippen LogP contribution in [0.5, 0.6) is 0 Å². The molecule has 2 amide bonds. The molecule has 0 radical (unpaired) electrons. The molecule has 0 saturated heterocycles. The molecule has 1 aromatic carbocycles. The number of amides is 2. The number of rotatable bonds is 5. The van der Waals surface area contributed by atoms with Gasteiger partial charge in [0.2, 0.25) is 0 Å². The zero-order chi connectivity index (χ0) is 12.5. The van der Waals surface area contributed by atoms with Crippen molar-refractivity contribution in [3.05, 3.63) is 30.3 Å². The molecule has 0 bridgehead atoms. The monoisotopic (exact) mass is 248 g/mol. The van der Waals surface area contributed by atoms with Crippen LogP contribution in [0, 0.1) is 12.3 Å². The van der Waals surface area contributed by atoms with E-state index in [0.29, 0.717) is 11.8 Å². The van der Waals surface area contributed by atoms with E-state index in [1.165, 1.54) is 4.90 Å². The van der Waals surface area contributed by atoms with E-state index in [1.807, 2.05) is 18.2 Å². The van der Waals surface area contributed by atoms with Crippen LogP contribution in [-0.4, -0.2) is 24.4 Å². The van der Waals surface area contributed by atoms with Gasteiger partial charge < -0.3 is 10.6 Å². The first-order valence-electron chi connectivity index (χ1n) is 5.39. The lowest BCUT2D eigenvalue weighted by Crippen LogP contribution is -2.38. The van der Waals surface area contributed by atoms with Crippen molar-refractivity contribution in [1.82, 2.24) is 10.6 Å². The van der Waals surface area contributed by atoms with Crippen molar-refractivity contribution in [2.75, 3.05) is 13.1 Å². The number of carbonyl (C=O) groups is 1. The second kappa shape index (κ2) is 7.64. The van der Waals surface area contributed by atoms with Crippen molar-refractivity contribution in [1.29, 1.82) is 0 Å². The van der Waals surface area contributed by atoms with Gasteiger partial charge >= 0.3 is 6.03 Å². The third-order valence-electron chi connectivity index (χ3n) is 1.98. The van der Waals surface area contributed by atoms with E-state index < -0.39 is 0 Å². The van der Waals surface area contributed by atoms with Gasteiger partial charge in [0.05, 0.1) is 6.54 Å². The second-order valence-corrected chi connectivity index (χ2v) is 5.02. The fourth-order valence-corrected chi connectivity index (χ4v) is 2.15. The maximum absolute atomic E-state index is 11.2. The SMILES string of the molecule is C#CCNC(=O)NCC(C)Sc1ccccc1. The number of terminal acetylenes is 1. The molecule has 0 aliphatic carbocycles. The van der Waals surface area contributed by atoms with Crippen molar-refractivity contribution >= 4 is 17.8 Å². The third kappa shape index (κ3) is 5.88. The zero-order valence-corrected chi connectivity index (χ0v) is 10.6. The maximum atomic E-state index is 11.2. The molecule has 0 heterocycles. The quantitative estimate of drug-likeness (QED) is 0.619. The minimum atomic E-state index is -0.219. The van der Waals surface area contributed by atoms with Gasteiger partial charge in [0.25, 0.3) is 0 Å². The average Bonchev–Trinajstić information content (AvgIpc) is 2.35. The molecule has 2 N–H and O–H groups in total. The van der Waals surface area contributed by atoms with Crippen molar-refractivity contribution in [2.45, 2.75) is 17.1 Å². The first kappa shape index (κ1) is 13.5. The van der Waals surface area contributed by atoms with E-state index in [2.05, 4.69) is 35.6 Å². The van der Waals surface area contributed by atoms with Crippen molar-refractivity contribution < 1.29 is 4.79 Å². The number of carbonyl (C=O) groups excluding carboxylic acids is 1. The van der Waals surface area contributed by atoms with E-state index in [0.717, 1.165) is 0 Å². The van der Waals surface area contributed by atoms with Crippen LogP contribution in [-0.2, 0) is 0 Å². The molecule has 0 aliphatic heterocycles. The summed E-state index contributed by atoms with van der Waals surface area (Å²) in [6.45, 7) is 2.93. The Labute approximate surface area is 106 Å². The Kier molecular flexibility index (Phi) is 6.05. The average molecular weight is 248 g/mol. The van der Waals surface area contributed by atoms with Crippen LogP contribution < -0.4 is 10.6 Å². The lowest BCUT2D eigenvalue weighted by molar-refractivity contribution is 0.242. The second-order valence-electron chi connectivity index (χ2n) is 3.51. The van der Waals surface area contributed by atoms with Gasteiger partial charge in [-0.05, 0) is 12.1 Å². The van der Waals surface area contributed by atoms with Crippen LogP contribution >= 0.6 is 11.8 Å². The van der Waals surface area contributed by atoms with Gasteiger partial charge in [-0.25, -0.2) is 4.79 Å². The molecule has 1 rings (SSSR count). The minimum absolute atomic E-state index is 0.219. The number of hydrogen-bond donors (Lipinski definition) is 2. The summed E-state index contributed by atoms with van der Waals surface area (Å²) in [5.74, 6) is 2.35. The Hall–Kier alpha value is -1.60. The van der Waals surface area contributed by atoms with Crippen molar-refractivity contribution in [3.8, 4) is 12.3 Å². The van der Waals surface area contributed by atoms with Crippen molar-refractivity contribution in [3.63, 3.8) is 0 Å². The van der Waals surface area contributed by atoms with Crippen LogP contribution in [0.15, 0.2) is 35.2 Å². The molecule has 1 atom stereocenters. The van der Waals surface area contributed by atoms with E-state index in [9.17, 15) is 4.79 Å². The molecule has 0 saturated carbocycles. The highest BCUT2D eigenvalue weighted by Gasteiger charge is 2.05. The zero-order valence-electron chi connectivity index (χ0n) is 9.77. The fourth-order valence-electron chi connectivity index (χ4n) is 1.20. The van der Waals surface area contributed by atoms with Crippen LogP contribution in [0.3, 0.4) is 0 Å². The summed E-state index contributed by atoms with van der Waals surface area (Å²) in [5, 5.41) is 5.64. The van der Waals surface area contributed by atoms with Gasteiger partial charge in [0.15, 0.2) is 0 Å². The highest BCUT2D eigenvalue weighted by molar-refractivity contribution is 8.00. The van der Waals surface area contributed by atoms with E-state index >= 15 is 0 Å². The molecule has 1 aromatic rings. The van der Waals surface area contributed by atoms with Crippen LogP contribution in [0.4, 0.5) is 4.79 Å². The predicted octanol–water partition coefficient (Wildman–Crippen LogP) is 2.10. The Morgan fingerprint density at radius 2 is 2.12 bits per heavy atom. The van der Waals surface area contributed by atoms with Crippen LogP contribution in [0.1, 0.15) is 6.92 Å². The molecule has 0 spiro atoms. The molecular formula is C13H16N2OS. The summed E-state index contributed by atoms with van der Waals surface area (Å²) in [4.78, 5) is 12.4. The summed E-state index contributed by atoms with van der Waals surface area (Å²) in [7, 11) is 0. The lowest BCUT2D eigenvalue weighted by atomic mass is 10.4. The number of nitrogens with one attached hydrogen (secondary N) is 2. The van der Waals surface area contributed by atoms with Crippen molar-refractivity contribution in [2.24, 2.45) is 0 Å². The minimum Gasteiger partial charge on any atom is -0.337 e. The van der Waals surface area contributed by atoms with Crippen LogP contribution in [0.25, 0.3) is 0 Å². The number of thioether (sulfide) groups is 1. The molecule has 17 heavy (non-hydrogen) atoms. The number of benzene rings is 1. The highest BCUT2D eigenvalue weighted by atomic mass is 32.2. The molecule has 0 aliphatic rings. The Morgan fingerprint density at radius 3 is 2.76 bits per heavy atom. The lowest BCUT2D eigenvalue weighted by Gasteiger charge is -2.12. The molecule has 0 fully saturated rings. The number of urea groups is 1. The Morgan fingerprint density at radius 1 is 1.41 bits per heavy atom. The van der Waals surface area contributed by atoms with Gasteiger partial charge in [-0.1, -0.05) is 31.0 Å². The first-order valence-corrected chi connectivity index (χ1v) is 6.27. The topological polar surface area (TPSA) is 41.1 Å². The summed E-state index contributed by atoms with van der Waals surface area (Å²) in [6.07, 6.45) is 5.04. The molecular weight excluding hydrogens is 232 g/mol. The highest BCUT2D eigenvalue weighted by Crippen LogP contribution is 2.21. The largest absolute Gasteiger partial charge is 0.337 e. The van der Waals surface area contributed by atoms with E-state index in [-0.39, 0.29) is 12.6 Å². The van der Waals surface area contributed by atoms with Gasteiger partial charge in [-0.15, -0.1) is 18.2 Å². The number of hydrogen-bond acceptors (Lipinski definition) is 2. The summed E-state index contributed by atoms with van der Waals surface area (Å²) in [6, 6.07) is 9.88. The first-order chi connectivity index (χ1) is 8.22. The van der Waals surface area contributed by atoms with Crippen LogP contribution in [0.2, 0.25) is 0 Å². The van der Waals surface area contributed by atoms with E-state index in [4.69, 9.17) is 6.42 Å². The Balaban J connectivity index is 2.24. The molecule has 0 aromatic heterocycles. The van der Waals surface area contributed by atoms with Gasteiger partial charge in [-0.2, -0.15) is 0 Å². The third-order valence-corrected chi connectivity index (χ3v) is 3.09. The predicted molar refractivity (Wildman–Crippen MR) is 72.0 cm³/mol. The fraction of sp³-hybridized carbons (Fsp3) is 0.308. The standard InChI is InChI=1S/C13H16N2OS/c1-3-9-14-13(16)15-10-11(2)17-12-7-5-4-6-8-12/h1,4-8,11H,9-10H2,2H3,(H2,14,15,16). The summed E-state index contributed by atoms with van der Waals surface area (Å²) >= 11 is 1.73. The van der Waals surface area contributed by atoms with Gasteiger partial charge in [0, 0.05) is 16.7 Å². The summed E-state index contributed by atoms with van der Waals surface area (Å²) < 4.78 is 0. The maximum Gasteiger partial charge on any atom is 0.315 e. The van der Waals surface area contributed by atoms with Gasteiger partial charge in [-0.3, -0.25) is 0 Å². The smallest absolute Gasteiger partial charge is 0.315 e. The van der Waals surface area contributed by atoms with Gasteiger partial charge in [0.1, 0.15) is 0 Å². The molecule has 4 heteroatoms. The molecule has 3 nitrogen and oxygen atoms in total. The molecule has 90 valence electrons. The normalized spacial score (nSPS) is 11.3. The Bertz CT molecular complexity index is 386. The van der Waals surface area contributed by atoms with E-state index in [1.54, 1.807) is 11.8 Å². The summed E-state index contributed by atoms with van der Waals surface area (Å²) in [5.41, 5.74) is 0.